The third-order valence-electron chi connectivity index (χ3n) is 6.99. The number of aromatic nitrogens is 1. The minimum absolute atomic E-state index is 0.200. The Bertz CT molecular complexity index is 923. The van der Waals surface area contributed by atoms with Gasteiger partial charge in [0.05, 0.1) is 13.1 Å². The maximum Gasteiger partial charge on any atom is 0.236 e. The minimum atomic E-state index is 0.200. The number of hydrogen-bond donors (Lipinski definition) is 0. The van der Waals surface area contributed by atoms with Crippen LogP contribution in [0.4, 0.5) is 0 Å². The summed E-state index contributed by atoms with van der Waals surface area (Å²) in [7, 11) is 0. The van der Waals surface area contributed by atoms with Crippen LogP contribution < -0.4 is 0 Å². The van der Waals surface area contributed by atoms with Gasteiger partial charge >= 0.3 is 0 Å². The number of carbonyl (C=O) groups is 2. The highest BCUT2D eigenvalue weighted by molar-refractivity contribution is 5.99. The topological polar surface area (TPSA) is 48.8 Å². The molecule has 172 valence electrons. The number of benzene rings is 1. The fourth-order valence-corrected chi connectivity index (χ4v) is 4.96. The molecule has 0 unspecified atom stereocenters. The molecule has 0 radical (unpaired) electrons. The molecule has 4 rings (SSSR count). The van der Waals surface area contributed by atoms with Crippen LogP contribution in [-0.2, 0) is 17.8 Å². The second-order valence-corrected chi connectivity index (χ2v) is 9.24. The maximum absolute atomic E-state index is 13.1. The number of carbonyl (C=O) groups excluding carboxylic acids is 2. The van der Waals surface area contributed by atoms with Gasteiger partial charge in [-0.2, -0.15) is 0 Å². The number of Topliss-reactive ketones (excluding diaryl/α,β-unsaturated/α-hetero) is 1. The summed E-state index contributed by atoms with van der Waals surface area (Å²) in [4.78, 5) is 31.9. The lowest BCUT2D eigenvalue weighted by Crippen LogP contribution is -2.50. The number of rotatable bonds is 8. The average molecular weight is 437 g/mol. The van der Waals surface area contributed by atoms with Crippen molar-refractivity contribution in [3.05, 3.63) is 58.9 Å². The third kappa shape index (κ3) is 5.48. The van der Waals surface area contributed by atoms with E-state index in [0.717, 1.165) is 82.0 Å². The molecular formula is C26H36N4O2. The number of likely N-dealkylation sites (tertiary alicyclic amines) is 1. The van der Waals surface area contributed by atoms with Gasteiger partial charge in [-0.1, -0.05) is 30.3 Å². The summed E-state index contributed by atoms with van der Waals surface area (Å²) < 4.78 is 2.27. The Balaban J connectivity index is 1.27. The molecule has 0 bridgehead atoms. The third-order valence-corrected chi connectivity index (χ3v) is 6.99. The first-order chi connectivity index (χ1) is 15.5. The smallest absolute Gasteiger partial charge is 0.236 e. The lowest BCUT2D eigenvalue weighted by molar-refractivity contribution is -0.131. The number of amides is 1. The fraction of sp³-hybridized carbons (Fsp3) is 0.538. The molecule has 0 spiro atoms. The first-order valence-electron chi connectivity index (χ1n) is 12.0. The standard InChI is InChI=1S/C26H36N4O2/c1-21-18-24(22(2)30(21)13-10-23-8-4-3-5-9-23)25(31)19-27-14-16-28(17-15-27)20-26(32)29-11-6-7-12-29/h3-5,8-9,18H,6-7,10-17,19-20H2,1-2H3. The Morgan fingerprint density at radius 3 is 2.12 bits per heavy atom. The lowest BCUT2D eigenvalue weighted by atomic mass is 10.1. The van der Waals surface area contributed by atoms with E-state index in [9.17, 15) is 9.59 Å². The SMILES string of the molecule is Cc1cc(C(=O)CN2CCN(CC(=O)N3CCCC3)CC2)c(C)n1CCc1ccccc1. The van der Waals surface area contributed by atoms with Crippen LogP contribution in [0.15, 0.2) is 36.4 Å². The van der Waals surface area contributed by atoms with E-state index >= 15 is 0 Å². The molecule has 6 heteroatoms. The van der Waals surface area contributed by atoms with Gasteiger partial charge in [0.15, 0.2) is 5.78 Å². The second-order valence-electron chi connectivity index (χ2n) is 9.24. The highest BCUT2D eigenvalue weighted by Crippen LogP contribution is 2.18. The first kappa shape index (κ1) is 22.7. The summed E-state index contributed by atoms with van der Waals surface area (Å²) in [5.41, 5.74) is 4.38. The average Bonchev–Trinajstić information content (AvgIpc) is 3.43. The van der Waals surface area contributed by atoms with E-state index in [1.165, 1.54) is 5.56 Å². The Labute approximate surface area is 191 Å². The number of nitrogens with zero attached hydrogens (tertiary/aromatic N) is 4. The van der Waals surface area contributed by atoms with Crippen molar-refractivity contribution < 1.29 is 9.59 Å². The van der Waals surface area contributed by atoms with Crippen LogP contribution in [-0.4, -0.2) is 83.3 Å². The number of aryl methyl sites for hydroxylation is 2. The summed E-state index contributed by atoms with van der Waals surface area (Å²) >= 11 is 0. The molecule has 2 fully saturated rings. The van der Waals surface area contributed by atoms with Crippen molar-refractivity contribution in [2.24, 2.45) is 0 Å². The van der Waals surface area contributed by atoms with Crippen molar-refractivity contribution in [3.63, 3.8) is 0 Å². The summed E-state index contributed by atoms with van der Waals surface area (Å²) in [6.07, 6.45) is 3.23. The first-order valence-corrected chi connectivity index (χ1v) is 12.0. The molecule has 0 atom stereocenters. The van der Waals surface area contributed by atoms with E-state index in [4.69, 9.17) is 0 Å². The molecule has 1 amide bonds. The molecule has 3 heterocycles. The van der Waals surface area contributed by atoms with E-state index < -0.39 is 0 Å². The van der Waals surface area contributed by atoms with Gasteiger partial charge < -0.3 is 9.47 Å². The van der Waals surface area contributed by atoms with Gasteiger partial charge in [0.2, 0.25) is 5.91 Å². The van der Waals surface area contributed by atoms with Crippen molar-refractivity contribution >= 4 is 11.7 Å². The monoisotopic (exact) mass is 436 g/mol. The van der Waals surface area contributed by atoms with Crippen LogP contribution in [0, 0.1) is 13.8 Å². The predicted molar refractivity (Wildman–Crippen MR) is 127 cm³/mol. The van der Waals surface area contributed by atoms with E-state index in [1.807, 2.05) is 17.0 Å². The molecule has 0 aliphatic carbocycles. The number of piperazine rings is 1. The Morgan fingerprint density at radius 1 is 0.844 bits per heavy atom. The van der Waals surface area contributed by atoms with Crippen LogP contribution in [0.5, 0.6) is 0 Å². The van der Waals surface area contributed by atoms with Gasteiger partial charge in [-0.15, -0.1) is 0 Å². The van der Waals surface area contributed by atoms with Crippen LogP contribution in [0.2, 0.25) is 0 Å². The molecule has 2 aliphatic rings. The second kappa shape index (κ2) is 10.5. The van der Waals surface area contributed by atoms with Gasteiger partial charge in [0.1, 0.15) is 0 Å². The lowest BCUT2D eigenvalue weighted by Gasteiger charge is -2.34. The van der Waals surface area contributed by atoms with Crippen LogP contribution in [0.25, 0.3) is 0 Å². The molecule has 0 N–H and O–H groups in total. The molecule has 6 nitrogen and oxygen atoms in total. The number of ketones is 1. The van der Waals surface area contributed by atoms with Crippen molar-refractivity contribution in [2.75, 3.05) is 52.4 Å². The normalized spacial score (nSPS) is 17.8. The van der Waals surface area contributed by atoms with E-state index in [1.54, 1.807) is 0 Å². The van der Waals surface area contributed by atoms with E-state index in [2.05, 4.69) is 52.5 Å². The van der Waals surface area contributed by atoms with Crippen molar-refractivity contribution in [3.8, 4) is 0 Å². The summed E-state index contributed by atoms with van der Waals surface area (Å²) in [6, 6.07) is 12.5. The minimum Gasteiger partial charge on any atom is -0.348 e. The fourth-order valence-electron chi connectivity index (χ4n) is 4.96. The molecule has 2 saturated heterocycles. The highest BCUT2D eigenvalue weighted by atomic mass is 16.2. The molecule has 1 aromatic carbocycles. The van der Waals surface area contributed by atoms with E-state index in [-0.39, 0.29) is 11.7 Å². The van der Waals surface area contributed by atoms with Crippen LogP contribution in [0.1, 0.15) is 40.2 Å². The Hall–Kier alpha value is -2.44. The predicted octanol–water partition coefficient (Wildman–Crippen LogP) is 2.77. The van der Waals surface area contributed by atoms with Crippen LogP contribution in [0.3, 0.4) is 0 Å². The van der Waals surface area contributed by atoms with E-state index in [0.29, 0.717) is 13.1 Å². The Kier molecular flexibility index (Phi) is 7.43. The van der Waals surface area contributed by atoms with Crippen molar-refractivity contribution in [2.45, 2.75) is 39.7 Å². The molecule has 0 saturated carbocycles. The van der Waals surface area contributed by atoms with Gasteiger partial charge in [-0.25, -0.2) is 0 Å². The van der Waals surface area contributed by atoms with Crippen molar-refractivity contribution in [1.29, 1.82) is 0 Å². The van der Waals surface area contributed by atoms with Gasteiger partial charge in [0.25, 0.3) is 0 Å². The zero-order valence-corrected chi connectivity index (χ0v) is 19.6. The van der Waals surface area contributed by atoms with Crippen molar-refractivity contribution in [1.82, 2.24) is 19.3 Å². The largest absolute Gasteiger partial charge is 0.348 e. The zero-order chi connectivity index (χ0) is 22.5. The molecule has 2 aliphatic heterocycles. The Morgan fingerprint density at radius 2 is 1.47 bits per heavy atom. The van der Waals surface area contributed by atoms with Gasteiger partial charge in [0, 0.05) is 62.8 Å². The maximum atomic E-state index is 13.1. The highest BCUT2D eigenvalue weighted by Gasteiger charge is 2.25. The molecule has 32 heavy (non-hydrogen) atoms. The zero-order valence-electron chi connectivity index (χ0n) is 19.6. The summed E-state index contributed by atoms with van der Waals surface area (Å²) in [5, 5.41) is 0. The summed E-state index contributed by atoms with van der Waals surface area (Å²) in [6.45, 7) is 11.2. The number of hydrogen-bond acceptors (Lipinski definition) is 4. The molecule has 2 aromatic rings. The summed E-state index contributed by atoms with van der Waals surface area (Å²) in [5.74, 6) is 0.459. The van der Waals surface area contributed by atoms with Gasteiger partial charge in [-0.3, -0.25) is 19.4 Å². The van der Waals surface area contributed by atoms with Crippen LogP contribution >= 0.6 is 0 Å². The quantitative estimate of drug-likeness (QED) is 0.597. The molecular weight excluding hydrogens is 400 g/mol. The molecule has 1 aromatic heterocycles. The van der Waals surface area contributed by atoms with Gasteiger partial charge in [-0.05, 0) is 44.7 Å².